The SMILES string of the molecule is CCOc1ccc(C2CCCN2C(=O)c2cccc(S(=O)(=O)N3CCc4sccc4C3)c2)cc1. The van der Waals surface area contributed by atoms with Gasteiger partial charge < -0.3 is 9.64 Å². The zero-order chi connectivity index (χ0) is 23.7. The maximum absolute atomic E-state index is 13.5. The van der Waals surface area contributed by atoms with Crippen LogP contribution in [0.1, 0.15) is 52.2 Å². The molecular formula is C26H28N2O4S2. The number of ether oxygens (including phenoxy) is 1. The number of amides is 1. The number of fused-ring (bicyclic) bond motifs is 1. The van der Waals surface area contributed by atoms with Crippen molar-refractivity contribution < 1.29 is 17.9 Å². The van der Waals surface area contributed by atoms with E-state index in [9.17, 15) is 13.2 Å². The van der Waals surface area contributed by atoms with E-state index in [1.54, 1.807) is 29.5 Å². The summed E-state index contributed by atoms with van der Waals surface area (Å²) in [5.41, 5.74) is 2.55. The number of nitrogens with zero attached hydrogens (tertiary/aromatic N) is 2. The Morgan fingerprint density at radius 2 is 1.94 bits per heavy atom. The number of sulfonamides is 1. The van der Waals surface area contributed by atoms with Gasteiger partial charge in [0.15, 0.2) is 0 Å². The molecular weight excluding hydrogens is 468 g/mol. The van der Waals surface area contributed by atoms with Crippen LogP contribution in [0.3, 0.4) is 0 Å². The quantitative estimate of drug-likeness (QED) is 0.488. The molecule has 178 valence electrons. The maximum atomic E-state index is 13.5. The minimum absolute atomic E-state index is 0.0254. The molecule has 6 nitrogen and oxygen atoms in total. The fraction of sp³-hybridized carbons (Fsp3) is 0.346. The van der Waals surface area contributed by atoms with Gasteiger partial charge in [0.2, 0.25) is 10.0 Å². The molecule has 1 saturated heterocycles. The van der Waals surface area contributed by atoms with E-state index in [1.807, 2.05) is 47.5 Å². The molecule has 3 heterocycles. The van der Waals surface area contributed by atoms with Crippen LogP contribution in [0.15, 0.2) is 64.9 Å². The number of carbonyl (C=O) groups excluding carboxylic acids is 1. The maximum Gasteiger partial charge on any atom is 0.254 e. The molecule has 1 atom stereocenters. The molecule has 0 radical (unpaired) electrons. The average Bonchev–Trinajstić information content (AvgIpc) is 3.54. The van der Waals surface area contributed by atoms with E-state index in [1.165, 1.54) is 15.2 Å². The van der Waals surface area contributed by atoms with Crippen LogP contribution in [0.2, 0.25) is 0 Å². The summed E-state index contributed by atoms with van der Waals surface area (Å²) in [6, 6.07) is 16.4. The molecule has 3 aromatic rings. The minimum atomic E-state index is -3.68. The van der Waals surface area contributed by atoms with Crippen LogP contribution in [0.25, 0.3) is 0 Å². The third-order valence-electron chi connectivity index (χ3n) is 6.58. The lowest BCUT2D eigenvalue weighted by atomic mass is 10.0. The van der Waals surface area contributed by atoms with Gasteiger partial charge in [-0.1, -0.05) is 18.2 Å². The highest BCUT2D eigenvalue weighted by atomic mass is 32.2. The van der Waals surface area contributed by atoms with Crippen LogP contribution in [0.4, 0.5) is 0 Å². The number of thiophene rings is 1. The first-order valence-corrected chi connectivity index (χ1v) is 14.0. The van der Waals surface area contributed by atoms with Crippen molar-refractivity contribution in [3.8, 4) is 5.75 Å². The third-order valence-corrected chi connectivity index (χ3v) is 9.45. The number of hydrogen-bond acceptors (Lipinski definition) is 5. The van der Waals surface area contributed by atoms with Crippen LogP contribution < -0.4 is 4.74 Å². The molecule has 34 heavy (non-hydrogen) atoms. The zero-order valence-corrected chi connectivity index (χ0v) is 20.8. The van der Waals surface area contributed by atoms with Crippen LogP contribution in [0, 0.1) is 0 Å². The Morgan fingerprint density at radius 3 is 2.74 bits per heavy atom. The second-order valence-corrected chi connectivity index (χ2v) is 11.6. The van der Waals surface area contributed by atoms with Crippen molar-refractivity contribution in [2.75, 3.05) is 19.7 Å². The first-order valence-electron chi connectivity index (χ1n) is 11.7. The highest BCUT2D eigenvalue weighted by molar-refractivity contribution is 7.89. The topological polar surface area (TPSA) is 66.9 Å². The molecule has 1 aromatic heterocycles. The molecule has 5 rings (SSSR count). The second-order valence-electron chi connectivity index (χ2n) is 8.64. The molecule has 0 spiro atoms. The summed E-state index contributed by atoms with van der Waals surface area (Å²) in [6.45, 7) is 4.05. The molecule has 2 aromatic carbocycles. The van der Waals surface area contributed by atoms with Crippen molar-refractivity contribution >= 4 is 27.3 Å². The summed E-state index contributed by atoms with van der Waals surface area (Å²) in [5, 5.41) is 2.01. The largest absolute Gasteiger partial charge is 0.494 e. The van der Waals surface area contributed by atoms with Crippen molar-refractivity contribution in [3.63, 3.8) is 0 Å². The number of carbonyl (C=O) groups is 1. The number of hydrogen-bond donors (Lipinski definition) is 0. The highest BCUT2D eigenvalue weighted by Crippen LogP contribution is 2.34. The Hall–Kier alpha value is -2.68. The van der Waals surface area contributed by atoms with Crippen molar-refractivity contribution in [2.45, 2.75) is 43.7 Å². The fourth-order valence-corrected chi connectivity index (χ4v) is 7.20. The molecule has 0 bridgehead atoms. The van der Waals surface area contributed by atoms with Crippen molar-refractivity contribution in [3.05, 3.63) is 81.5 Å². The van der Waals surface area contributed by atoms with Gasteiger partial charge in [-0.3, -0.25) is 4.79 Å². The lowest BCUT2D eigenvalue weighted by Crippen LogP contribution is -2.35. The summed E-state index contributed by atoms with van der Waals surface area (Å²) in [5.74, 6) is 0.680. The summed E-state index contributed by atoms with van der Waals surface area (Å²) < 4.78 is 33.8. The van der Waals surface area contributed by atoms with Gasteiger partial charge in [-0.2, -0.15) is 4.31 Å². The van der Waals surface area contributed by atoms with Crippen LogP contribution >= 0.6 is 11.3 Å². The van der Waals surface area contributed by atoms with E-state index >= 15 is 0 Å². The molecule has 1 amide bonds. The number of benzene rings is 2. The minimum Gasteiger partial charge on any atom is -0.494 e. The predicted octanol–water partition coefficient (Wildman–Crippen LogP) is 4.87. The number of likely N-dealkylation sites (tertiary alicyclic amines) is 1. The van der Waals surface area contributed by atoms with E-state index in [-0.39, 0.29) is 16.8 Å². The van der Waals surface area contributed by atoms with Crippen LogP contribution in [-0.2, 0) is 23.0 Å². The molecule has 2 aliphatic heterocycles. The third kappa shape index (κ3) is 4.37. The van der Waals surface area contributed by atoms with Gasteiger partial charge in [-0.25, -0.2) is 8.42 Å². The summed E-state index contributed by atoms with van der Waals surface area (Å²) in [6.07, 6.45) is 2.52. The Bertz CT molecular complexity index is 1280. The monoisotopic (exact) mass is 496 g/mol. The van der Waals surface area contributed by atoms with Crippen molar-refractivity contribution in [1.29, 1.82) is 0 Å². The van der Waals surface area contributed by atoms with Crippen molar-refractivity contribution in [1.82, 2.24) is 9.21 Å². The molecule has 2 aliphatic rings. The second kappa shape index (κ2) is 9.52. The molecule has 0 saturated carbocycles. The summed E-state index contributed by atoms with van der Waals surface area (Å²) in [7, 11) is -3.68. The number of rotatable bonds is 6. The molecule has 0 N–H and O–H groups in total. The molecule has 8 heteroatoms. The Labute approximate surface area is 204 Å². The van der Waals surface area contributed by atoms with Gasteiger partial charge in [0.25, 0.3) is 5.91 Å². The van der Waals surface area contributed by atoms with Gasteiger partial charge in [0.1, 0.15) is 5.75 Å². The van der Waals surface area contributed by atoms with E-state index in [4.69, 9.17) is 4.74 Å². The van der Waals surface area contributed by atoms with E-state index in [0.717, 1.165) is 36.1 Å². The smallest absolute Gasteiger partial charge is 0.254 e. The predicted molar refractivity (Wildman–Crippen MR) is 133 cm³/mol. The lowest BCUT2D eigenvalue weighted by Gasteiger charge is -2.27. The Morgan fingerprint density at radius 1 is 1.12 bits per heavy atom. The molecule has 0 aliphatic carbocycles. The molecule has 1 fully saturated rings. The van der Waals surface area contributed by atoms with E-state index < -0.39 is 10.0 Å². The first-order chi connectivity index (χ1) is 16.5. The van der Waals surface area contributed by atoms with E-state index in [2.05, 4.69) is 0 Å². The Kier molecular flexibility index (Phi) is 6.46. The van der Waals surface area contributed by atoms with Crippen LogP contribution in [-0.4, -0.2) is 43.2 Å². The normalized spacial score (nSPS) is 18.6. The average molecular weight is 497 g/mol. The van der Waals surface area contributed by atoms with Crippen molar-refractivity contribution in [2.24, 2.45) is 0 Å². The first kappa shape index (κ1) is 23.1. The standard InChI is InChI=1S/C26H28N2O4S2/c1-2-32-22-10-8-19(9-11-22)24-7-4-14-28(24)26(29)20-5-3-6-23(17-20)34(30,31)27-15-12-25-21(18-27)13-16-33-25/h3,5-6,8-11,13,16-17,24H,2,4,7,12,14-15,18H2,1H3. The van der Waals surface area contributed by atoms with Gasteiger partial charge in [0.05, 0.1) is 17.5 Å². The zero-order valence-electron chi connectivity index (χ0n) is 19.1. The van der Waals surface area contributed by atoms with Gasteiger partial charge >= 0.3 is 0 Å². The molecule has 1 unspecified atom stereocenters. The van der Waals surface area contributed by atoms with Gasteiger partial charge in [-0.15, -0.1) is 11.3 Å². The summed E-state index contributed by atoms with van der Waals surface area (Å²) >= 11 is 1.68. The van der Waals surface area contributed by atoms with Crippen LogP contribution in [0.5, 0.6) is 5.75 Å². The van der Waals surface area contributed by atoms with E-state index in [0.29, 0.717) is 31.8 Å². The van der Waals surface area contributed by atoms with Gasteiger partial charge in [-0.05, 0) is 79.1 Å². The summed E-state index contributed by atoms with van der Waals surface area (Å²) in [4.78, 5) is 16.8. The lowest BCUT2D eigenvalue weighted by molar-refractivity contribution is 0.0735. The highest BCUT2D eigenvalue weighted by Gasteiger charge is 2.33. The van der Waals surface area contributed by atoms with Gasteiger partial charge in [0, 0.05) is 30.1 Å². The fourth-order valence-electron chi connectivity index (χ4n) is 4.84. The Balaban J connectivity index is 1.37.